The second kappa shape index (κ2) is 10.7. The van der Waals surface area contributed by atoms with E-state index >= 15 is 0 Å². The minimum absolute atomic E-state index is 0.0476. The zero-order valence-electron chi connectivity index (χ0n) is 19.0. The molecule has 0 aliphatic carbocycles. The fourth-order valence-corrected chi connectivity index (χ4v) is 4.42. The summed E-state index contributed by atoms with van der Waals surface area (Å²) in [6, 6.07) is 29.2. The second-order valence-corrected chi connectivity index (χ2v) is 9.21. The minimum Gasteiger partial charge on any atom is -0.469 e. The van der Waals surface area contributed by atoms with Crippen molar-refractivity contribution in [2.24, 2.45) is 0 Å². The van der Waals surface area contributed by atoms with Gasteiger partial charge in [-0.25, -0.2) is 0 Å². The Balaban J connectivity index is 1.67. The smallest absolute Gasteiger partial charge is 0.307 e. The molecule has 34 heavy (non-hydrogen) atoms. The fourth-order valence-electron chi connectivity index (χ4n) is 3.93. The van der Waals surface area contributed by atoms with Gasteiger partial charge in [-0.1, -0.05) is 60.7 Å². The monoisotopic (exact) mass is 564 g/mol. The number of halogens is 1. The van der Waals surface area contributed by atoms with Gasteiger partial charge in [0.25, 0.3) is 5.91 Å². The summed E-state index contributed by atoms with van der Waals surface area (Å²) in [5, 5.41) is 5.34. The van der Waals surface area contributed by atoms with Crippen LogP contribution in [-0.2, 0) is 9.53 Å². The molecule has 6 heteroatoms. The van der Waals surface area contributed by atoms with E-state index in [0.717, 1.165) is 31.3 Å². The predicted octanol–water partition coefficient (Wildman–Crippen LogP) is 6.25. The summed E-state index contributed by atoms with van der Waals surface area (Å²) < 4.78 is 5.81. The van der Waals surface area contributed by atoms with E-state index in [1.165, 1.54) is 7.11 Å². The van der Waals surface area contributed by atoms with Crippen molar-refractivity contribution in [1.82, 2.24) is 5.32 Å². The molecule has 0 saturated heterocycles. The molecule has 0 spiro atoms. The number of methoxy groups -OCH3 is 1. The summed E-state index contributed by atoms with van der Waals surface area (Å²) in [5.74, 6) is -0.635. The number of carbonyl (C=O) groups is 2. The number of esters is 1. The number of nitrogens with one attached hydrogen (secondary N) is 1. The van der Waals surface area contributed by atoms with E-state index in [1.54, 1.807) is 0 Å². The van der Waals surface area contributed by atoms with Crippen LogP contribution in [0.5, 0.6) is 0 Å². The second-order valence-electron chi connectivity index (χ2n) is 7.97. The largest absolute Gasteiger partial charge is 0.469 e. The van der Waals surface area contributed by atoms with Crippen molar-refractivity contribution in [3.8, 4) is 0 Å². The standard InChI is InChI=1S/C28H25IN2O3/c1-31(23-14-12-19-8-6-7-11-21(19)16-23)26-15-13-22(29)17-24(26)28(33)30-25(18-27(32)34-2)20-9-4-3-5-10-20/h3-17,25H,18H2,1-2H3,(H,30,33)/t25-/m0/s1. The summed E-state index contributed by atoms with van der Waals surface area (Å²) in [6.07, 6.45) is 0.0476. The molecule has 172 valence electrons. The first-order valence-electron chi connectivity index (χ1n) is 10.9. The Morgan fingerprint density at radius 1 is 0.912 bits per heavy atom. The Labute approximate surface area is 212 Å². The lowest BCUT2D eigenvalue weighted by atomic mass is 10.0. The van der Waals surface area contributed by atoms with Crippen LogP contribution >= 0.6 is 22.6 Å². The Bertz CT molecular complexity index is 1320. The van der Waals surface area contributed by atoms with Crippen LogP contribution in [0.1, 0.15) is 28.4 Å². The van der Waals surface area contributed by atoms with Crippen LogP contribution in [-0.4, -0.2) is 26.0 Å². The number of fused-ring (bicyclic) bond motifs is 1. The van der Waals surface area contributed by atoms with E-state index in [4.69, 9.17) is 4.74 Å². The molecular weight excluding hydrogens is 539 g/mol. The van der Waals surface area contributed by atoms with E-state index in [9.17, 15) is 9.59 Å². The topological polar surface area (TPSA) is 58.6 Å². The molecule has 1 amide bonds. The lowest BCUT2D eigenvalue weighted by molar-refractivity contribution is -0.141. The van der Waals surface area contributed by atoms with E-state index in [0.29, 0.717) is 5.56 Å². The van der Waals surface area contributed by atoms with Crippen molar-refractivity contribution in [2.75, 3.05) is 19.1 Å². The molecule has 1 N–H and O–H groups in total. The normalized spacial score (nSPS) is 11.6. The first-order chi connectivity index (χ1) is 16.5. The van der Waals surface area contributed by atoms with E-state index in [1.807, 2.05) is 78.7 Å². The predicted molar refractivity (Wildman–Crippen MR) is 144 cm³/mol. The molecule has 0 aliphatic rings. The van der Waals surface area contributed by atoms with E-state index in [2.05, 4.69) is 52.2 Å². The number of hydrogen-bond donors (Lipinski definition) is 1. The van der Waals surface area contributed by atoms with Crippen molar-refractivity contribution in [3.05, 3.63) is 106 Å². The van der Waals surface area contributed by atoms with E-state index < -0.39 is 6.04 Å². The molecule has 0 radical (unpaired) electrons. The number of carbonyl (C=O) groups excluding carboxylic acids is 2. The highest BCUT2D eigenvalue weighted by Gasteiger charge is 2.22. The van der Waals surface area contributed by atoms with Crippen LogP contribution in [0.4, 0.5) is 11.4 Å². The van der Waals surface area contributed by atoms with Gasteiger partial charge in [-0.15, -0.1) is 0 Å². The van der Waals surface area contributed by atoms with Gasteiger partial charge in [0.2, 0.25) is 0 Å². The summed E-state index contributed by atoms with van der Waals surface area (Å²) in [6.45, 7) is 0. The van der Waals surface area contributed by atoms with Gasteiger partial charge in [0.1, 0.15) is 0 Å². The molecule has 0 bridgehead atoms. The molecule has 0 aromatic heterocycles. The summed E-state index contributed by atoms with van der Waals surface area (Å²) in [7, 11) is 3.30. The molecule has 4 rings (SSSR count). The van der Waals surface area contributed by atoms with Gasteiger partial charge in [0.15, 0.2) is 0 Å². The number of nitrogens with zero attached hydrogens (tertiary/aromatic N) is 1. The van der Waals surface area contributed by atoms with Crippen LogP contribution < -0.4 is 10.2 Å². The van der Waals surface area contributed by atoms with Crippen molar-refractivity contribution in [2.45, 2.75) is 12.5 Å². The number of hydrogen-bond acceptors (Lipinski definition) is 4. The molecule has 0 fully saturated rings. The van der Waals surface area contributed by atoms with Crippen molar-refractivity contribution in [1.29, 1.82) is 0 Å². The lowest BCUT2D eigenvalue weighted by Gasteiger charge is -2.24. The van der Waals surface area contributed by atoms with Crippen LogP contribution in [0.3, 0.4) is 0 Å². The molecule has 0 aliphatic heterocycles. The molecule has 1 atom stereocenters. The van der Waals surface area contributed by atoms with Crippen molar-refractivity contribution >= 4 is 56.6 Å². The summed E-state index contributed by atoms with van der Waals surface area (Å²) >= 11 is 2.20. The highest BCUT2D eigenvalue weighted by atomic mass is 127. The van der Waals surface area contributed by atoms with Crippen LogP contribution in [0.15, 0.2) is 91.0 Å². The average molecular weight is 564 g/mol. The van der Waals surface area contributed by atoms with Gasteiger partial charge >= 0.3 is 5.97 Å². The zero-order chi connectivity index (χ0) is 24.1. The summed E-state index contributed by atoms with van der Waals surface area (Å²) in [4.78, 5) is 27.6. The van der Waals surface area contributed by atoms with Gasteiger partial charge in [-0.05, 0) is 69.3 Å². The number of benzene rings is 4. The van der Waals surface area contributed by atoms with Gasteiger partial charge in [0.05, 0.1) is 30.8 Å². The first-order valence-corrected chi connectivity index (χ1v) is 12.0. The van der Waals surface area contributed by atoms with Crippen molar-refractivity contribution < 1.29 is 14.3 Å². The molecular formula is C28H25IN2O3. The quantitative estimate of drug-likeness (QED) is 0.213. The third kappa shape index (κ3) is 5.39. The maximum absolute atomic E-state index is 13.5. The molecule has 4 aromatic rings. The van der Waals surface area contributed by atoms with Gasteiger partial charge in [0, 0.05) is 16.3 Å². The Morgan fingerprint density at radius 3 is 2.35 bits per heavy atom. The number of ether oxygens (including phenoxy) is 1. The van der Waals surface area contributed by atoms with Gasteiger partial charge < -0.3 is 15.0 Å². The molecule has 5 nitrogen and oxygen atoms in total. The maximum Gasteiger partial charge on any atom is 0.307 e. The zero-order valence-corrected chi connectivity index (χ0v) is 21.2. The Hall–Kier alpha value is -3.39. The third-order valence-electron chi connectivity index (χ3n) is 5.79. The number of amides is 1. The molecule has 0 heterocycles. The Kier molecular flexibility index (Phi) is 7.47. The lowest BCUT2D eigenvalue weighted by Crippen LogP contribution is -2.31. The van der Waals surface area contributed by atoms with Gasteiger partial charge in [-0.2, -0.15) is 0 Å². The van der Waals surface area contributed by atoms with Crippen molar-refractivity contribution in [3.63, 3.8) is 0 Å². The highest BCUT2D eigenvalue weighted by Crippen LogP contribution is 2.31. The fraction of sp³-hybridized carbons (Fsp3) is 0.143. The van der Waals surface area contributed by atoms with Crippen LogP contribution in [0.25, 0.3) is 10.8 Å². The first kappa shape index (κ1) is 23.8. The van der Waals surface area contributed by atoms with Crippen LogP contribution in [0.2, 0.25) is 0 Å². The SMILES string of the molecule is COC(=O)C[C@H](NC(=O)c1cc(I)ccc1N(C)c1ccc2ccccc2c1)c1ccccc1. The summed E-state index contributed by atoms with van der Waals surface area (Å²) in [5.41, 5.74) is 3.13. The number of rotatable bonds is 7. The molecule has 4 aromatic carbocycles. The molecule has 0 saturated carbocycles. The molecule has 0 unspecified atom stereocenters. The highest BCUT2D eigenvalue weighted by molar-refractivity contribution is 14.1. The maximum atomic E-state index is 13.5. The minimum atomic E-state index is -0.502. The van der Waals surface area contributed by atoms with Gasteiger partial charge in [-0.3, -0.25) is 9.59 Å². The van der Waals surface area contributed by atoms with Crippen LogP contribution in [0, 0.1) is 3.57 Å². The number of anilines is 2. The average Bonchev–Trinajstić information content (AvgIpc) is 2.87. The van der Waals surface area contributed by atoms with E-state index in [-0.39, 0.29) is 18.3 Å². The Morgan fingerprint density at radius 2 is 1.62 bits per heavy atom. The third-order valence-corrected chi connectivity index (χ3v) is 6.46.